The first kappa shape index (κ1) is 20.7. The molecule has 0 bridgehead atoms. The van der Waals surface area contributed by atoms with Gasteiger partial charge in [-0.1, -0.05) is 6.42 Å². The molecule has 1 aliphatic rings. The maximum absolute atomic E-state index is 12.7. The number of nitrogens with zero attached hydrogens (tertiary/aromatic N) is 3. The van der Waals surface area contributed by atoms with Gasteiger partial charge in [0.2, 0.25) is 11.8 Å². The van der Waals surface area contributed by atoms with Crippen LogP contribution in [0.25, 0.3) is 0 Å². The Kier molecular flexibility index (Phi) is 6.09. The van der Waals surface area contributed by atoms with Crippen LogP contribution < -0.4 is 10.6 Å². The zero-order valence-corrected chi connectivity index (χ0v) is 17.3. The first-order valence-electron chi connectivity index (χ1n) is 9.79. The molecule has 0 aliphatic carbocycles. The molecule has 29 heavy (non-hydrogen) atoms. The number of carbonyl (C=O) groups excluding carboxylic acids is 2. The number of hydrogen-bond acceptors (Lipinski definition) is 5. The summed E-state index contributed by atoms with van der Waals surface area (Å²) in [6, 6.07) is 5.91. The summed E-state index contributed by atoms with van der Waals surface area (Å²) in [5, 5.41) is 14.7. The van der Waals surface area contributed by atoms with E-state index >= 15 is 0 Å². The second kappa shape index (κ2) is 8.53. The van der Waals surface area contributed by atoms with Crippen molar-refractivity contribution in [1.82, 2.24) is 14.8 Å². The number of aryl methyl sites for hydroxylation is 1. The standard InChI is InChI=1S/C21H27N5O3/c1-13-14(2)29-21(15(13)11-22)24-19(27)12-26-10-6-5-7-17(26)16-8-9-18(25(16)4)20(28)23-3/h8-9,17H,5-7,10,12H2,1-4H3,(H,23,28)(H,24,27)/t17-/m0/s1. The van der Waals surface area contributed by atoms with Gasteiger partial charge in [0.05, 0.1) is 12.6 Å². The molecule has 1 aliphatic heterocycles. The van der Waals surface area contributed by atoms with Crippen LogP contribution in [-0.2, 0) is 11.8 Å². The Labute approximate surface area is 170 Å². The summed E-state index contributed by atoms with van der Waals surface area (Å²) in [6.07, 6.45) is 3.00. The van der Waals surface area contributed by atoms with E-state index < -0.39 is 0 Å². The monoisotopic (exact) mass is 397 g/mol. The lowest BCUT2D eigenvalue weighted by Crippen LogP contribution is -2.40. The van der Waals surface area contributed by atoms with Crippen LogP contribution in [0, 0.1) is 25.2 Å². The van der Waals surface area contributed by atoms with Crippen LogP contribution in [0.5, 0.6) is 0 Å². The van der Waals surface area contributed by atoms with Crippen molar-refractivity contribution in [3.63, 3.8) is 0 Å². The molecular weight excluding hydrogens is 370 g/mol. The minimum atomic E-state index is -0.220. The van der Waals surface area contributed by atoms with Gasteiger partial charge in [-0.3, -0.25) is 19.8 Å². The van der Waals surface area contributed by atoms with Gasteiger partial charge in [0.25, 0.3) is 5.91 Å². The van der Waals surface area contributed by atoms with E-state index in [4.69, 9.17) is 4.42 Å². The van der Waals surface area contributed by atoms with E-state index in [0.717, 1.165) is 37.1 Å². The molecule has 3 heterocycles. The van der Waals surface area contributed by atoms with E-state index in [1.165, 1.54) is 0 Å². The van der Waals surface area contributed by atoms with Gasteiger partial charge < -0.3 is 14.3 Å². The highest BCUT2D eigenvalue weighted by Crippen LogP contribution is 2.32. The van der Waals surface area contributed by atoms with Gasteiger partial charge in [0, 0.05) is 25.4 Å². The van der Waals surface area contributed by atoms with Crippen molar-refractivity contribution in [2.45, 2.75) is 39.2 Å². The Hall–Kier alpha value is -3.05. The third-order valence-electron chi connectivity index (χ3n) is 5.67. The van der Waals surface area contributed by atoms with Crippen LogP contribution in [0.2, 0.25) is 0 Å². The number of rotatable bonds is 5. The Morgan fingerprint density at radius 1 is 1.31 bits per heavy atom. The van der Waals surface area contributed by atoms with Crippen LogP contribution in [0.1, 0.15) is 58.4 Å². The summed E-state index contributed by atoms with van der Waals surface area (Å²) in [4.78, 5) is 26.9. The molecule has 1 atom stereocenters. The Morgan fingerprint density at radius 2 is 2.07 bits per heavy atom. The van der Waals surface area contributed by atoms with Crippen LogP contribution >= 0.6 is 0 Å². The molecule has 2 aromatic heterocycles. The molecule has 1 saturated heterocycles. The van der Waals surface area contributed by atoms with E-state index in [1.807, 2.05) is 23.7 Å². The summed E-state index contributed by atoms with van der Waals surface area (Å²) in [5.41, 5.74) is 2.71. The summed E-state index contributed by atoms with van der Waals surface area (Å²) < 4.78 is 7.44. The second-order valence-corrected chi connectivity index (χ2v) is 7.41. The molecule has 154 valence electrons. The zero-order valence-electron chi connectivity index (χ0n) is 17.3. The van der Waals surface area contributed by atoms with Crippen molar-refractivity contribution in [2.75, 3.05) is 25.5 Å². The number of hydrogen-bond donors (Lipinski definition) is 2. The topological polar surface area (TPSA) is 103 Å². The molecular formula is C21H27N5O3. The number of anilines is 1. The van der Waals surface area contributed by atoms with Gasteiger partial charge in [0.15, 0.2) is 0 Å². The third kappa shape index (κ3) is 4.05. The fraction of sp³-hybridized carbons (Fsp3) is 0.476. The number of nitrogens with one attached hydrogen (secondary N) is 2. The van der Waals surface area contributed by atoms with Crippen molar-refractivity contribution in [3.05, 3.63) is 40.4 Å². The number of likely N-dealkylation sites (tertiary alicyclic amines) is 1. The number of nitriles is 1. The normalized spacial score (nSPS) is 17.0. The number of carbonyl (C=O) groups is 2. The van der Waals surface area contributed by atoms with Crippen molar-refractivity contribution in [3.8, 4) is 6.07 Å². The van der Waals surface area contributed by atoms with Crippen molar-refractivity contribution in [1.29, 1.82) is 5.26 Å². The molecule has 8 heteroatoms. The lowest BCUT2D eigenvalue weighted by Gasteiger charge is -2.35. The van der Waals surface area contributed by atoms with Gasteiger partial charge >= 0.3 is 0 Å². The molecule has 0 saturated carbocycles. The van der Waals surface area contributed by atoms with E-state index in [-0.39, 0.29) is 30.3 Å². The highest BCUT2D eigenvalue weighted by Gasteiger charge is 2.29. The minimum Gasteiger partial charge on any atom is -0.444 e. The van der Waals surface area contributed by atoms with Gasteiger partial charge in [-0.15, -0.1) is 0 Å². The highest BCUT2D eigenvalue weighted by atomic mass is 16.4. The predicted octanol–water partition coefficient (Wildman–Crippen LogP) is 2.63. The van der Waals surface area contributed by atoms with Crippen molar-refractivity contribution in [2.24, 2.45) is 7.05 Å². The number of aromatic nitrogens is 1. The average Bonchev–Trinajstić information content (AvgIpc) is 3.21. The van der Waals surface area contributed by atoms with Crippen molar-refractivity contribution < 1.29 is 14.0 Å². The van der Waals surface area contributed by atoms with Crippen LogP contribution in [0.3, 0.4) is 0 Å². The van der Waals surface area contributed by atoms with Crippen LogP contribution in [-0.4, -0.2) is 41.4 Å². The van der Waals surface area contributed by atoms with E-state index in [2.05, 4.69) is 21.6 Å². The average molecular weight is 397 g/mol. The molecule has 8 nitrogen and oxygen atoms in total. The predicted molar refractivity (Wildman–Crippen MR) is 108 cm³/mol. The largest absolute Gasteiger partial charge is 0.444 e. The molecule has 2 aromatic rings. The molecule has 2 N–H and O–H groups in total. The molecule has 2 amide bonds. The summed E-state index contributed by atoms with van der Waals surface area (Å²) >= 11 is 0. The van der Waals surface area contributed by atoms with E-state index in [1.54, 1.807) is 20.9 Å². The van der Waals surface area contributed by atoms with Gasteiger partial charge in [0.1, 0.15) is 23.1 Å². The number of furan rings is 1. The lowest BCUT2D eigenvalue weighted by atomic mass is 9.99. The SMILES string of the molecule is CNC(=O)c1ccc([C@@H]2CCCCN2CC(=O)Nc2oc(C)c(C)c2C#N)n1C. The fourth-order valence-electron chi connectivity index (χ4n) is 3.93. The molecule has 0 spiro atoms. The van der Waals surface area contributed by atoms with E-state index in [9.17, 15) is 14.9 Å². The van der Waals surface area contributed by atoms with Gasteiger partial charge in [-0.25, -0.2) is 0 Å². The third-order valence-corrected chi connectivity index (χ3v) is 5.67. The molecule has 0 radical (unpaired) electrons. The smallest absolute Gasteiger partial charge is 0.267 e. The highest BCUT2D eigenvalue weighted by molar-refractivity contribution is 5.93. The first-order chi connectivity index (χ1) is 13.9. The molecule has 0 aromatic carbocycles. The fourth-order valence-corrected chi connectivity index (χ4v) is 3.93. The van der Waals surface area contributed by atoms with Crippen LogP contribution in [0.15, 0.2) is 16.5 Å². The summed E-state index contributed by atoms with van der Waals surface area (Å²) in [6.45, 7) is 4.55. The molecule has 1 fully saturated rings. The molecule has 0 unspecified atom stereocenters. The Morgan fingerprint density at radius 3 is 2.76 bits per heavy atom. The lowest BCUT2D eigenvalue weighted by molar-refractivity contribution is -0.118. The number of amides is 2. The maximum Gasteiger partial charge on any atom is 0.267 e. The number of piperidine rings is 1. The van der Waals surface area contributed by atoms with E-state index in [0.29, 0.717) is 17.0 Å². The first-order valence-corrected chi connectivity index (χ1v) is 9.79. The van der Waals surface area contributed by atoms with Crippen molar-refractivity contribution >= 4 is 17.7 Å². The second-order valence-electron chi connectivity index (χ2n) is 7.41. The summed E-state index contributed by atoms with van der Waals surface area (Å²) in [5.74, 6) is 0.481. The minimum absolute atomic E-state index is 0.0495. The quantitative estimate of drug-likeness (QED) is 0.807. The zero-order chi connectivity index (χ0) is 21.1. The molecule has 3 rings (SSSR count). The maximum atomic E-state index is 12.7. The van der Waals surface area contributed by atoms with Gasteiger partial charge in [-0.05, 0) is 45.4 Å². The Balaban J connectivity index is 1.76. The van der Waals surface area contributed by atoms with Crippen LogP contribution in [0.4, 0.5) is 5.88 Å². The van der Waals surface area contributed by atoms with Gasteiger partial charge in [-0.2, -0.15) is 5.26 Å². The Bertz CT molecular complexity index is 966. The summed E-state index contributed by atoms with van der Waals surface area (Å²) in [7, 11) is 3.49.